The van der Waals surface area contributed by atoms with Crippen LogP contribution in [0.25, 0.3) is 0 Å². The number of ether oxygens (including phenoxy) is 3. The molecular formula is C62H119NO10. The Bertz CT molecular complexity index is 1220. The van der Waals surface area contributed by atoms with E-state index in [0.717, 1.165) is 57.8 Å². The van der Waals surface area contributed by atoms with Gasteiger partial charge in [0.2, 0.25) is 5.91 Å². The summed E-state index contributed by atoms with van der Waals surface area (Å²) in [6.45, 7) is 4.34. The number of amides is 1. The number of carbonyl (C=O) groups excluding carboxylic acids is 2. The van der Waals surface area contributed by atoms with E-state index in [1.807, 2.05) is 6.08 Å². The summed E-state index contributed by atoms with van der Waals surface area (Å²) in [7, 11) is 0. The smallest absolute Gasteiger partial charge is 0.305 e. The molecule has 1 saturated heterocycles. The zero-order valence-corrected chi connectivity index (χ0v) is 47.6. The van der Waals surface area contributed by atoms with Crippen molar-refractivity contribution in [2.75, 3.05) is 19.8 Å². The van der Waals surface area contributed by atoms with Crippen LogP contribution in [0.2, 0.25) is 0 Å². The van der Waals surface area contributed by atoms with Crippen LogP contribution in [0.3, 0.4) is 0 Å². The second-order valence-corrected chi connectivity index (χ2v) is 22.1. The maximum Gasteiger partial charge on any atom is 0.305 e. The van der Waals surface area contributed by atoms with Crippen LogP contribution in [-0.2, 0) is 23.8 Å². The molecule has 0 aliphatic carbocycles. The third-order valence-corrected chi connectivity index (χ3v) is 15.2. The maximum atomic E-state index is 13.0. The summed E-state index contributed by atoms with van der Waals surface area (Å²) < 4.78 is 16.7. The van der Waals surface area contributed by atoms with Crippen LogP contribution in [0.5, 0.6) is 0 Å². The van der Waals surface area contributed by atoms with Crippen molar-refractivity contribution in [1.82, 2.24) is 5.32 Å². The molecular weight excluding hydrogens is 919 g/mol. The number of unbranched alkanes of at least 4 members (excludes halogenated alkanes) is 41. The van der Waals surface area contributed by atoms with Crippen LogP contribution in [0.1, 0.15) is 309 Å². The lowest BCUT2D eigenvalue weighted by Crippen LogP contribution is -2.60. The fraction of sp³-hybridized carbons (Fsp3) is 0.935. The Kier molecular flexibility index (Phi) is 49.9. The van der Waals surface area contributed by atoms with Gasteiger partial charge in [0.05, 0.1) is 32.0 Å². The molecule has 1 aliphatic rings. The summed E-state index contributed by atoms with van der Waals surface area (Å²) in [6, 6.07) is -0.807. The Hall–Kier alpha value is -1.60. The molecule has 7 atom stereocenters. The highest BCUT2D eigenvalue weighted by Crippen LogP contribution is 2.23. The maximum absolute atomic E-state index is 13.0. The van der Waals surface area contributed by atoms with Gasteiger partial charge in [0.25, 0.3) is 0 Å². The van der Waals surface area contributed by atoms with Crippen molar-refractivity contribution in [3.8, 4) is 0 Å². The molecule has 0 aromatic carbocycles. The van der Waals surface area contributed by atoms with Gasteiger partial charge in [-0.2, -0.15) is 0 Å². The molecule has 0 saturated carbocycles. The average molecular weight is 1040 g/mol. The topological polar surface area (TPSA) is 175 Å². The summed E-state index contributed by atoms with van der Waals surface area (Å²) in [4.78, 5) is 25.0. The molecule has 1 rings (SSSR count). The quantitative estimate of drug-likeness (QED) is 0.0195. The van der Waals surface area contributed by atoms with Crippen molar-refractivity contribution in [3.63, 3.8) is 0 Å². The van der Waals surface area contributed by atoms with E-state index in [0.29, 0.717) is 19.4 Å². The van der Waals surface area contributed by atoms with E-state index < -0.39 is 49.5 Å². The molecule has 11 nitrogen and oxygen atoms in total. The second-order valence-electron chi connectivity index (χ2n) is 22.1. The first-order valence-electron chi connectivity index (χ1n) is 31.5. The van der Waals surface area contributed by atoms with Crippen LogP contribution in [-0.4, -0.2) is 100 Å². The van der Waals surface area contributed by atoms with E-state index in [-0.39, 0.29) is 18.5 Å². The lowest BCUT2D eigenvalue weighted by Gasteiger charge is -2.40. The van der Waals surface area contributed by atoms with Gasteiger partial charge in [-0.1, -0.05) is 276 Å². The van der Waals surface area contributed by atoms with Crippen LogP contribution in [0.4, 0.5) is 0 Å². The van der Waals surface area contributed by atoms with E-state index in [9.17, 15) is 35.1 Å². The molecule has 1 fully saturated rings. The summed E-state index contributed by atoms with van der Waals surface area (Å²) in [6.07, 6.45) is 51.8. The highest BCUT2D eigenvalue weighted by molar-refractivity contribution is 5.76. The van der Waals surface area contributed by atoms with Crippen molar-refractivity contribution in [1.29, 1.82) is 0 Å². The number of nitrogens with one attached hydrogen (secondary N) is 1. The van der Waals surface area contributed by atoms with Crippen LogP contribution in [0.15, 0.2) is 12.2 Å². The van der Waals surface area contributed by atoms with Gasteiger partial charge in [0.1, 0.15) is 24.4 Å². The summed E-state index contributed by atoms with van der Waals surface area (Å²) >= 11 is 0. The zero-order valence-electron chi connectivity index (χ0n) is 47.6. The summed E-state index contributed by atoms with van der Waals surface area (Å²) in [5, 5.41) is 54.3. The third-order valence-electron chi connectivity index (χ3n) is 15.2. The fourth-order valence-corrected chi connectivity index (χ4v) is 10.1. The van der Waals surface area contributed by atoms with Crippen molar-refractivity contribution < 1.29 is 49.3 Å². The van der Waals surface area contributed by atoms with E-state index >= 15 is 0 Å². The van der Waals surface area contributed by atoms with Crippen molar-refractivity contribution in [3.05, 3.63) is 12.2 Å². The van der Waals surface area contributed by atoms with Crippen LogP contribution < -0.4 is 5.32 Å². The second kappa shape index (κ2) is 52.5. The van der Waals surface area contributed by atoms with Crippen molar-refractivity contribution in [2.45, 2.75) is 352 Å². The van der Waals surface area contributed by atoms with Gasteiger partial charge in [-0.15, -0.1) is 0 Å². The van der Waals surface area contributed by atoms with E-state index in [4.69, 9.17) is 14.2 Å². The minimum Gasteiger partial charge on any atom is -0.466 e. The summed E-state index contributed by atoms with van der Waals surface area (Å²) in [5.74, 6) is -0.176. The van der Waals surface area contributed by atoms with Gasteiger partial charge in [-0.25, -0.2) is 0 Å². The minimum absolute atomic E-state index is 0.00441. The Morgan fingerprint density at radius 1 is 0.493 bits per heavy atom. The molecule has 0 spiro atoms. The molecule has 7 unspecified atom stereocenters. The molecule has 0 aromatic rings. The van der Waals surface area contributed by atoms with E-state index in [2.05, 4.69) is 19.2 Å². The lowest BCUT2D eigenvalue weighted by atomic mass is 9.99. The molecule has 73 heavy (non-hydrogen) atoms. The number of esters is 1. The van der Waals surface area contributed by atoms with Crippen molar-refractivity contribution >= 4 is 11.9 Å². The number of hydrogen-bond donors (Lipinski definition) is 6. The van der Waals surface area contributed by atoms with Gasteiger partial charge >= 0.3 is 5.97 Å². The van der Waals surface area contributed by atoms with E-state index in [1.165, 1.54) is 225 Å². The molecule has 1 heterocycles. The first-order valence-corrected chi connectivity index (χ1v) is 31.5. The third kappa shape index (κ3) is 42.1. The standard InChI is InChI=1S/C62H119NO10/c1-3-5-7-9-11-13-29-34-38-42-46-50-58(67)71-51-47-43-39-35-31-28-26-24-22-20-18-16-15-17-19-21-23-25-27-30-33-37-41-45-49-57(66)63-54(53-72-62-61(70)60(69)59(68)56(52-64)73-62)55(65)48-44-40-36-32-14-12-10-8-6-4-2/h44,48,54-56,59-62,64-65,68-70H,3-43,45-47,49-53H2,1-2H3,(H,63,66)/b48-44+. The molecule has 0 aromatic heterocycles. The molecule has 1 aliphatic heterocycles. The monoisotopic (exact) mass is 1040 g/mol. The van der Waals surface area contributed by atoms with Gasteiger partial charge in [-0.3, -0.25) is 9.59 Å². The molecule has 432 valence electrons. The SMILES string of the molecule is CCCCCCCCCC/C=C/C(O)C(COC1OC(CO)C(O)C(O)C1O)NC(=O)CCCCCCCCCCCCCCCCCCCCCCCCCCOC(=O)CCCCCCCCCCCCC. The number of aliphatic hydroxyl groups excluding tert-OH is 5. The van der Waals surface area contributed by atoms with Gasteiger partial charge in [0, 0.05) is 12.8 Å². The highest BCUT2D eigenvalue weighted by atomic mass is 16.7. The summed E-state index contributed by atoms with van der Waals surface area (Å²) in [5.41, 5.74) is 0. The van der Waals surface area contributed by atoms with Gasteiger partial charge in [0.15, 0.2) is 6.29 Å². The highest BCUT2D eigenvalue weighted by Gasteiger charge is 2.44. The van der Waals surface area contributed by atoms with Crippen LogP contribution >= 0.6 is 0 Å². The average Bonchev–Trinajstić information content (AvgIpc) is 3.39. The predicted molar refractivity (Wildman–Crippen MR) is 301 cm³/mol. The Morgan fingerprint density at radius 3 is 1.27 bits per heavy atom. The number of aliphatic hydroxyl groups is 5. The molecule has 6 N–H and O–H groups in total. The molecule has 0 bridgehead atoms. The van der Waals surface area contributed by atoms with Crippen LogP contribution in [0, 0.1) is 0 Å². The molecule has 11 heteroatoms. The molecule has 1 amide bonds. The number of rotatable bonds is 55. The largest absolute Gasteiger partial charge is 0.466 e. The number of carbonyl (C=O) groups is 2. The Morgan fingerprint density at radius 2 is 0.863 bits per heavy atom. The normalized spacial score (nSPS) is 18.9. The predicted octanol–water partition coefficient (Wildman–Crippen LogP) is 14.7. The number of hydrogen-bond acceptors (Lipinski definition) is 10. The van der Waals surface area contributed by atoms with Crippen molar-refractivity contribution in [2.24, 2.45) is 0 Å². The Labute approximate surface area is 448 Å². The molecule has 0 radical (unpaired) electrons. The lowest BCUT2D eigenvalue weighted by molar-refractivity contribution is -0.302. The first-order chi connectivity index (χ1) is 35.7. The fourth-order valence-electron chi connectivity index (χ4n) is 10.1. The zero-order chi connectivity index (χ0) is 53.1. The van der Waals surface area contributed by atoms with Gasteiger partial charge < -0.3 is 45.1 Å². The first kappa shape index (κ1) is 69.4. The van der Waals surface area contributed by atoms with E-state index in [1.54, 1.807) is 6.08 Å². The van der Waals surface area contributed by atoms with Gasteiger partial charge in [-0.05, 0) is 32.1 Å². The Balaban J connectivity index is 1.99. The minimum atomic E-state index is -1.57. The number of allylic oxidation sites excluding steroid dienone is 1.